The molecule has 4 aromatic rings. The molecule has 0 aliphatic carbocycles. The van der Waals surface area contributed by atoms with E-state index in [0.717, 1.165) is 16.0 Å². The predicted molar refractivity (Wildman–Crippen MR) is 103 cm³/mol. The Hall–Kier alpha value is -2.98. The van der Waals surface area contributed by atoms with Crippen molar-refractivity contribution >= 4 is 27.3 Å². The minimum atomic E-state index is -0.112. The van der Waals surface area contributed by atoms with Crippen LogP contribution in [0.2, 0.25) is 0 Å². The lowest BCUT2D eigenvalue weighted by Crippen LogP contribution is -2.22. The number of fused-ring (bicyclic) bond motifs is 1. The lowest BCUT2D eigenvalue weighted by Gasteiger charge is -2.06. The largest absolute Gasteiger partial charge is 0.348 e. The topological polar surface area (TPSA) is 42.0 Å². The van der Waals surface area contributed by atoms with Crippen LogP contribution in [0.15, 0.2) is 79.1 Å². The van der Waals surface area contributed by atoms with E-state index in [2.05, 4.69) is 28.5 Å². The van der Waals surface area contributed by atoms with Crippen LogP contribution >= 0.6 is 11.3 Å². The van der Waals surface area contributed by atoms with E-state index >= 15 is 0 Å². The quantitative estimate of drug-likeness (QED) is 0.572. The molecule has 3 nitrogen and oxygen atoms in total. The van der Waals surface area contributed by atoms with Gasteiger partial charge >= 0.3 is 0 Å². The molecule has 0 unspecified atom stereocenters. The van der Waals surface area contributed by atoms with Crippen molar-refractivity contribution in [3.8, 4) is 10.4 Å². The Balaban J connectivity index is 1.55. The number of carbonyl (C=O) groups is 1. The van der Waals surface area contributed by atoms with Crippen molar-refractivity contribution in [3.63, 3.8) is 0 Å². The minimum absolute atomic E-state index is 0.112. The van der Waals surface area contributed by atoms with E-state index in [9.17, 15) is 4.79 Å². The van der Waals surface area contributed by atoms with Crippen molar-refractivity contribution in [1.29, 1.82) is 0 Å². The van der Waals surface area contributed by atoms with Gasteiger partial charge in [-0.3, -0.25) is 9.78 Å². The Morgan fingerprint density at radius 1 is 0.960 bits per heavy atom. The van der Waals surface area contributed by atoms with E-state index in [1.807, 2.05) is 48.5 Å². The van der Waals surface area contributed by atoms with Crippen LogP contribution in [0.3, 0.4) is 0 Å². The molecule has 1 N–H and O–H groups in total. The Bertz CT molecular complexity index is 991. The molecule has 0 atom stereocenters. The van der Waals surface area contributed by atoms with Crippen molar-refractivity contribution < 1.29 is 4.79 Å². The van der Waals surface area contributed by atoms with Crippen LogP contribution in [0, 0.1) is 0 Å². The third kappa shape index (κ3) is 3.44. The zero-order valence-corrected chi connectivity index (χ0v) is 14.3. The van der Waals surface area contributed by atoms with E-state index < -0.39 is 0 Å². The number of nitrogens with zero attached hydrogens (tertiary/aromatic N) is 1. The number of benzene rings is 2. The summed E-state index contributed by atoms with van der Waals surface area (Å²) in [5, 5.41) is 4.15. The van der Waals surface area contributed by atoms with Crippen molar-refractivity contribution in [2.75, 3.05) is 0 Å². The third-order valence-electron chi connectivity index (χ3n) is 4.01. The lowest BCUT2D eigenvalue weighted by molar-refractivity contribution is 0.0950. The number of pyridine rings is 1. The lowest BCUT2D eigenvalue weighted by atomic mass is 10.1. The third-order valence-corrected chi connectivity index (χ3v) is 5.17. The predicted octanol–water partition coefficient (Wildman–Crippen LogP) is 4.89. The molecule has 4 rings (SSSR count). The Labute approximate surface area is 150 Å². The highest BCUT2D eigenvalue weighted by molar-refractivity contribution is 7.22. The van der Waals surface area contributed by atoms with Gasteiger partial charge in [0.25, 0.3) is 5.91 Å². The maximum atomic E-state index is 12.4. The summed E-state index contributed by atoms with van der Waals surface area (Å²) in [7, 11) is 0. The highest BCUT2D eigenvalue weighted by atomic mass is 32.1. The number of hydrogen-bond acceptors (Lipinski definition) is 3. The molecule has 2 aromatic carbocycles. The fourth-order valence-corrected chi connectivity index (χ4v) is 3.75. The summed E-state index contributed by atoms with van der Waals surface area (Å²) in [6, 6.07) is 22.2. The number of amides is 1. The van der Waals surface area contributed by atoms with Gasteiger partial charge in [0.05, 0.1) is 5.56 Å². The van der Waals surface area contributed by atoms with Gasteiger partial charge < -0.3 is 5.32 Å². The summed E-state index contributed by atoms with van der Waals surface area (Å²) >= 11 is 1.71. The zero-order valence-electron chi connectivity index (χ0n) is 13.5. The van der Waals surface area contributed by atoms with E-state index in [4.69, 9.17) is 0 Å². The van der Waals surface area contributed by atoms with E-state index in [0.29, 0.717) is 12.1 Å². The number of hydrogen-bond donors (Lipinski definition) is 1. The molecule has 2 aromatic heterocycles. The number of carbonyl (C=O) groups excluding carboxylic acids is 1. The first-order valence-electron chi connectivity index (χ1n) is 8.06. The van der Waals surface area contributed by atoms with Crippen LogP contribution < -0.4 is 5.32 Å². The average Bonchev–Trinajstić information content (AvgIpc) is 3.11. The number of aromatic nitrogens is 1. The fraction of sp³-hybridized carbons (Fsp3) is 0.0476. The van der Waals surface area contributed by atoms with Gasteiger partial charge in [-0.1, -0.05) is 48.5 Å². The van der Waals surface area contributed by atoms with Crippen LogP contribution in [-0.4, -0.2) is 10.9 Å². The van der Waals surface area contributed by atoms with Crippen molar-refractivity contribution in [2.45, 2.75) is 6.54 Å². The zero-order chi connectivity index (χ0) is 17.1. The molecule has 1 amide bonds. The summed E-state index contributed by atoms with van der Waals surface area (Å²) < 4.78 is 1.23. The Morgan fingerprint density at radius 2 is 1.76 bits per heavy atom. The first-order chi connectivity index (χ1) is 12.3. The SMILES string of the molecule is O=C(NCc1ccccc1)c1cncc(-c2cc3ccccc3s2)c1. The molecule has 0 radical (unpaired) electrons. The first-order valence-corrected chi connectivity index (χ1v) is 8.87. The van der Waals surface area contributed by atoms with Crippen LogP contribution in [0.4, 0.5) is 0 Å². The molecule has 0 spiro atoms. The fourth-order valence-electron chi connectivity index (χ4n) is 2.70. The second-order valence-electron chi connectivity index (χ2n) is 5.78. The van der Waals surface area contributed by atoms with Crippen LogP contribution in [0.25, 0.3) is 20.5 Å². The Morgan fingerprint density at radius 3 is 2.60 bits per heavy atom. The van der Waals surface area contributed by atoms with Gasteiger partial charge in [0.15, 0.2) is 0 Å². The molecule has 0 bridgehead atoms. The number of thiophene rings is 1. The minimum Gasteiger partial charge on any atom is -0.348 e. The summed E-state index contributed by atoms with van der Waals surface area (Å²) in [5.74, 6) is -0.112. The number of rotatable bonds is 4. The molecule has 0 aliphatic heterocycles. The summed E-state index contributed by atoms with van der Waals surface area (Å²) in [6.07, 6.45) is 3.41. The molecule has 0 aliphatic rings. The monoisotopic (exact) mass is 344 g/mol. The van der Waals surface area contributed by atoms with Crippen molar-refractivity contribution in [2.24, 2.45) is 0 Å². The average molecular weight is 344 g/mol. The van der Waals surface area contributed by atoms with Crippen LogP contribution in [0.5, 0.6) is 0 Å². The van der Waals surface area contributed by atoms with Gasteiger partial charge in [0.1, 0.15) is 0 Å². The molecule has 4 heteroatoms. The second-order valence-corrected chi connectivity index (χ2v) is 6.86. The van der Waals surface area contributed by atoms with Crippen molar-refractivity contribution in [3.05, 3.63) is 90.3 Å². The highest BCUT2D eigenvalue weighted by Crippen LogP contribution is 2.33. The summed E-state index contributed by atoms with van der Waals surface area (Å²) in [5.41, 5.74) is 2.61. The molecule has 0 fully saturated rings. The second kappa shape index (κ2) is 6.87. The van der Waals surface area contributed by atoms with E-state index in [1.54, 1.807) is 23.7 Å². The first kappa shape index (κ1) is 15.5. The molecular weight excluding hydrogens is 328 g/mol. The molecule has 0 saturated carbocycles. The molecule has 122 valence electrons. The molecular formula is C21H16N2OS. The maximum absolute atomic E-state index is 12.4. The van der Waals surface area contributed by atoms with Crippen LogP contribution in [-0.2, 0) is 6.54 Å². The Kier molecular flexibility index (Phi) is 4.27. The van der Waals surface area contributed by atoms with Gasteiger partial charge in [-0.15, -0.1) is 11.3 Å². The van der Waals surface area contributed by atoms with Crippen LogP contribution in [0.1, 0.15) is 15.9 Å². The van der Waals surface area contributed by atoms with Gasteiger partial charge in [-0.25, -0.2) is 0 Å². The smallest absolute Gasteiger partial charge is 0.253 e. The van der Waals surface area contributed by atoms with Gasteiger partial charge in [0, 0.05) is 34.1 Å². The molecule has 2 heterocycles. The number of nitrogens with one attached hydrogen (secondary N) is 1. The maximum Gasteiger partial charge on any atom is 0.253 e. The van der Waals surface area contributed by atoms with Gasteiger partial charge in [0.2, 0.25) is 0 Å². The summed E-state index contributed by atoms with van der Waals surface area (Å²) in [4.78, 5) is 17.8. The molecule has 0 saturated heterocycles. The highest BCUT2D eigenvalue weighted by Gasteiger charge is 2.10. The summed E-state index contributed by atoms with van der Waals surface area (Å²) in [6.45, 7) is 0.507. The standard InChI is InChI=1S/C21H16N2OS/c24-21(23-12-15-6-2-1-3-7-15)18-10-17(13-22-14-18)20-11-16-8-4-5-9-19(16)25-20/h1-11,13-14H,12H2,(H,23,24). The van der Waals surface area contributed by atoms with E-state index in [1.165, 1.54) is 10.1 Å². The van der Waals surface area contributed by atoms with E-state index in [-0.39, 0.29) is 5.91 Å². The van der Waals surface area contributed by atoms with Gasteiger partial charge in [-0.2, -0.15) is 0 Å². The van der Waals surface area contributed by atoms with Gasteiger partial charge in [-0.05, 0) is 29.1 Å². The molecule has 25 heavy (non-hydrogen) atoms. The van der Waals surface area contributed by atoms with Crippen molar-refractivity contribution in [1.82, 2.24) is 10.3 Å². The normalized spacial score (nSPS) is 10.7.